The molecule has 1 nitrogen and oxygen atoms in total. The first-order valence-corrected chi connectivity index (χ1v) is 8.78. The molecule has 1 N–H and O–H groups in total. The third-order valence-electron chi connectivity index (χ3n) is 7.48. The Morgan fingerprint density at radius 2 is 2.00 bits per heavy atom. The molecule has 0 spiro atoms. The van der Waals surface area contributed by atoms with Crippen molar-refractivity contribution in [2.45, 2.75) is 72.3 Å². The molecular formula is C20H32O. The van der Waals surface area contributed by atoms with Crippen LogP contribution in [0.25, 0.3) is 0 Å². The van der Waals surface area contributed by atoms with Gasteiger partial charge in [-0.1, -0.05) is 32.1 Å². The monoisotopic (exact) mass is 288 g/mol. The minimum absolute atomic E-state index is 0.224. The Morgan fingerprint density at radius 3 is 2.67 bits per heavy atom. The normalized spacial score (nSPS) is 49.9. The third-order valence-corrected chi connectivity index (χ3v) is 7.48. The summed E-state index contributed by atoms with van der Waals surface area (Å²) in [5, 5.41) is 10.4. The fourth-order valence-electron chi connectivity index (χ4n) is 6.16. The molecule has 21 heavy (non-hydrogen) atoms. The zero-order chi connectivity index (χ0) is 15.4. The van der Waals surface area contributed by atoms with Gasteiger partial charge in [0.2, 0.25) is 0 Å². The van der Waals surface area contributed by atoms with Crippen LogP contribution in [-0.2, 0) is 0 Å². The largest absolute Gasteiger partial charge is 0.389 e. The summed E-state index contributed by atoms with van der Waals surface area (Å²) < 4.78 is 0. The molecule has 0 aromatic carbocycles. The van der Waals surface area contributed by atoms with Crippen molar-refractivity contribution in [3.8, 4) is 0 Å². The maximum Gasteiger partial charge on any atom is 0.0752 e. The number of aliphatic hydroxyl groups is 1. The molecule has 0 aromatic rings. The van der Waals surface area contributed by atoms with Gasteiger partial charge in [-0.2, -0.15) is 0 Å². The molecule has 0 radical (unpaired) electrons. The van der Waals surface area contributed by atoms with Crippen molar-refractivity contribution in [3.63, 3.8) is 0 Å². The quantitative estimate of drug-likeness (QED) is 0.665. The zero-order valence-corrected chi connectivity index (χ0v) is 14.3. The average Bonchev–Trinajstić information content (AvgIpc) is 2.68. The first-order chi connectivity index (χ1) is 9.78. The number of hydrogen-bond acceptors (Lipinski definition) is 1. The van der Waals surface area contributed by atoms with Gasteiger partial charge in [-0.25, -0.2) is 0 Å². The van der Waals surface area contributed by atoms with E-state index in [0.29, 0.717) is 10.8 Å². The molecule has 0 amide bonds. The van der Waals surface area contributed by atoms with Gasteiger partial charge in [0.15, 0.2) is 0 Å². The molecule has 0 aliphatic heterocycles. The van der Waals surface area contributed by atoms with E-state index in [1.165, 1.54) is 36.8 Å². The summed E-state index contributed by atoms with van der Waals surface area (Å²) >= 11 is 0. The van der Waals surface area contributed by atoms with Crippen LogP contribution in [0.2, 0.25) is 0 Å². The van der Waals surface area contributed by atoms with Crippen molar-refractivity contribution in [3.05, 3.63) is 23.8 Å². The second-order valence-corrected chi connectivity index (χ2v) is 8.75. The smallest absolute Gasteiger partial charge is 0.0752 e. The Bertz CT molecular complexity index is 476. The fraction of sp³-hybridized carbons (Fsp3) is 0.800. The summed E-state index contributed by atoms with van der Waals surface area (Å²) in [5.41, 5.74) is 3.34. The minimum atomic E-state index is -0.224. The van der Waals surface area contributed by atoms with Crippen LogP contribution in [0.3, 0.4) is 0 Å². The van der Waals surface area contributed by atoms with Gasteiger partial charge in [-0.15, -0.1) is 0 Å². The summed E-state index contributed by atoms with van der Waals surface area (Å²) in [6.45, 7) is 13.6. The minimum Gasteiger partial charge on any atom is -0.389 e. The first kappa shape index (κ1) is 15.3. The Labute approximate surface area is 130 Å². The van der Waals surface area contributed by atoms with Crippen molar-refractivity contribution < 1.29 is 5.11 Å². The van der Waals surface area contributed by atoms with E-state index in [1.54, 1.807) is 0 Å². The van der Waals surface area contributed by atoms with Gasteiger partial charge in [0.25, 0.3) is 0 Å². The van der Waals surface area contributed by atoms with Crippen LogP contribution in [0.1, 0.15) is 66.2 Å². The van der Waals surface area contributed by atoms with E-state index in [2.05, 4.69) is 40.3 Å². The predicted molar refractivity (Wildman–Crippen MR) is 89.0 cm³/mol. The van der Waals surface area contributed by atoms with Gasteiger partial charge >= 0.3 is 0 Å². The molecule has 1 heteroatoms. The predicted octanol–water partition coefficient (Wildman–Crippen LogP) is 5.11. The van der Waals surface area contributed by atoms with Gasteiger partial charge < -0.3 is 5.11 Å². The molecule has 0 unspecified atom stereocenters. The van der Waals surface area contributed by atoms with E-state index in [0.717, 1.165) is 30.6 Å². The molecule has 6 atom stereocenters. The zero-order valence-electron chi connectivity index (χ0n) is 14.3. The maximum atomic E-state index is 10.4. The van der Waals surface area contributed by atoms with Gasteiger partial charge in [-0.05, 0) is 86.5 Å². The topological polar surface area (TPSA) is 20.2 Å². The van der Waals surface area contributed by atoms with Gasteiger partial charge in [-0.3, -0.25) is 0 Å². The maximum absolute atomic E-state index is 10.4. The van der Waals surface area contributed by atoms with Crippen molar-refractivity contribution in [2.24, 2.45) is 28.6 Å². The molecule has 3 rings (SSSR count). The van der Waals surface area contributed by atoms with E-state index in [1.807, 2.05) is 0 Å². The first-order valence-electron chi connectivity index (χ1n) is 8.78. The Morgan fingerprint density at radius 1 is 1.29 bits per heavy atom. The second kappa shape index (κ2) is 4.98. The summed E-state index contributed by atoms with van der Waals surface area (Å²) in [6, 6.07) is 0. The van der Waals surface area contributed by atoms with Crippen LogP contribution in [0.4, 0.5) is 0 Å². The Kier molecular flexibility index (Phi) is 3.64. The van der Waals surface area contributed by atoms with E-state index >= 15 is 0 Å². The average molecular weight is 288 g/mol. The van der Waals surface area contributed by atoms with E-state index in [-0.39, 0.29) is 6.10 Å². The van der Waals surface area contributed by atoms with Crippen molar-refractivity contribution in [1.29, 1.82) is 0 Å². The number of aliphatic hydroxyl groups excluding tert-OH is 1. The lowest BCUT2D eigenvalue weighted by atomic mass is 9.50. The number of fused-ring (bicyclic) bond motifs is 3. The molecular weight excluding hydrogens is 256 g/mol. The van der Waals surface area contributed by atoms with Crippen LogP contribution >= 0.6 is 0 Å². The molecule has 0 aromatic heterocycles. The van der Waals surface area contributed by atoms with Crippen molar-refractivity contribution in [1.82, 2.24) is 0 Å². The summed E-state index contributed by atoms with van der Waals surface area (Å²) in [6.07, 6.45) is 9.51. The molecule has 3 aliphatic carbocycles. The van der Waals surface area contributed by atoms with Gasteiger partial charge in [0, 0.05) is 0 Å². The van der Waals surface area contributed by atoms with Crippen LogP contribution < -0.4 is 0 Å². The number of hydrogen-bond donors (Lipinski definition) is 1. The molecule has 118 valence electrons. The van der Waals surface area contributed by atoms with Crippen molar-refractivity contribution in [2.75, 3.05) is 0 Å². The number of allylic oxidation sites excluding steroid dienone is 2. The van der Waals surface area contributed by atoms with Gasteiger partial charge in [0.1, 0.15) is 0 Å². The molecule has 0 bridgehead atoms. The molecule has 0 heterocycles. The second-order valence-electron chi connectivity index (χ2n) is 8.75. The van der Waals surface area contributed by atoms with Crippen LogP contribution in [0, 0.1) is 28.6 Å². The highest BCUT2D eigenvalue weighted by molar-refractivity contribution is 5.18. The van der Waals surface area contributed by atoms with Crippen LogP contribution in [0.15, 0.2) is 23.8 Å². The van der Waals surface area contributed by atoms with Crippen molar-refractivity contribution >= 4 is 0 Å². The van der Waals surface area contributed by atoms with Crippen LogP contribution in [0.5, 0.6) is 0 Å². The van der Waals surface area contributed by atoms with E-state index in [9.17, 15) is 5.11 Å². The third kappa shape index (κ3) is 2.23. The van der Waals surface area contributed by atoms with Crippen LogP contribution in [-0.4, -0.2) is 11.2 Å². The SMILES string of the molecule is C=C(C)[C@@H]1CC[C@]2(C)[C@@H]1CC[C@]1(C)C[C@H](O)C(C)=CC[C@H]12. The standard InChI is InChI=1S/C20H32O/c1-13(2)15-8-11-20(5)16(15)9-10-19(4)12-17(21)14(3)6-7-18(19)20/h6,15-18,21H,1,7-12H2,2-5H3/t15-,16+,17-,18+,19+,20+/m0/s1. The van der Waals surface area contributed by atoms with E-state index < -0.39 is 0 Å². The molecule has 0 saturated heterocycles. The summed E-state index contributed by atoms with van der Waals surface area (Å²) in [4.78, 5) is 0. The lowest BCUT2D eigenvalue weighted by Crippen LogP contribution is -2.48. The highest BCUT2D eigenvalue weighted by Gasteiger charge is 2.58. The molecule has 2 fully saturated rings. The highest BCUT2D eigenvalue weighted by atomic mass is 16.3. The summed E-state index contributed by atoms with van der Waals surface area (Å²) in [7, 11) is 0. The number of rotatable bonds is 1. The molecule has 2 saturated carbocycles. The highest BCUT2D eigenvalue weighted by Crippen LogP contribution is 2.66. The fourth-order valence-corrected chi connectivity index (χ4v) is 6.16. The summed E-state index contributed by atoms with van der Waals surface area (Å²) in [5.74, 6) is 2.27. The lowest BCUT2D eigenvalue weighted by Gasteiger charge is -2.55. The lowest BCUT2D eigenvalue weighted by molar-refractivity contribution is -0.0603. The van der Waals surface area contributed by atoms with Gasteiger partial charge in [0.05, 0.1) is 6.10 Å². The Hall–Kier alpha value is -0.560. The van der Waals surface area contributed by atoms with E-state index in [4.69, 9.17) is 0 Å². The molecule has 3 aliphatic rings. The Balaban J connectivity index is 1.96.